The van der Waals surface area contributed by atoms with E-state index in [1.54, 1.807) is 0 Å². The molecule has 1 amide bonds. The molecule has 2 unspecified atom stereocenters. The summed E-state index contributed by atoms with van der Waals surface area (Å²) in [6, 6.07) is 10.2. The van der Waals surface area contributed by atoms with Crippen molar-refractivity contribution in [2.75, 3.05) is 6.54 Å². The summed E-state index contributed by atoms with van der Waals surface area (Å²) in [5, 5.41) is 3.41. The third kappa shape index (κ3) is 2.52. The molecular formula is C16H22N2O. The molecule has 0 spiro atoms. The van der Waals surface area contributed by atoms with Crippen LogP contribution >= 0.6 is 0 Å². The van der Waals surface area contributed by atoms with Gasteiger partial charge in [-0.15, -0.1) is 0 Å². The van der Waals surface area contributed by atoms with Gasteiger partial charge < -0.3 is 4.90 Å². The molecule has 3 heteroatoms. The highest BCUT2D eigenvalue weighted by molar-refractivity contribution is 5.84. The topological polar surface area (TPSA) is 32.3 Å². The minimum absolute atomic E-state index is 0.0591. The van der Waals surface area contributed by atoms with Gasteiger partial charge >= 0.3 is 0 Å². The fourth-order valence-corrected chi connectivity index (χ4v) is 3.03. The maximum absolute atomic E-state index is 12.3. The first-order chi connectivity index (χ1) is 9.25. The van der Waals surface area contributed by atoms with E-state index in [0.717, 1.165) is 18.9 Å². The van der Waals surface area contributed by atoms with Crippen LogP contribution in [-0.2, 0) is 4.79 Å². The Bertz CT molecular complexity index is 441. The Kier molecular flexibility index (Phi) is 3.56. The van der Waals surface area contributed by atoms with Gasteiger partial charge in [0.05, 0.1) is 6.04 Å². The van der Waals surface area contributed by atoms with Crippen LogP contribution in [0.15, 0.2) is 30.3 Å². The minimum atomic E-state index is -0.0633. The van der Waals surface area contributed by atoms with E-state index in [1.165, 1.54) is 24.8 Å². The summed E-state index contributed by atoms with van der Waals surface area (Å²) in [5.41, 5.74) is 1.19. The lowest BCUT2D eigenvalue weighted by Crippen LogP contribution is -2.33. The quantitative estimate of drug-likeness (QED) is 0.900. The second-order valence-electron chi connectivity index (χ2n) is 5.82. The lowest BCUT2D eigenvalue weighted by atomic mass is 9.83. The number of benzene rings is 1. The van der Waals surface area contributed by atoms with Gasteiger partial charge in [-0.1, -0.05) is 49.6 Å². The molecule has 0 bridgehead atoms. The van der Waals surface area contributed by atoms with Crippen molar-refractivity contribution in [1.82, 2.24) is 10.2 Å². The number of rotatable bonds is 4. The van der Waals surface area contributed by atoms with Gasteiger partial charge in [0.1, 0.15) is 6.17 Å². The summed E-state index contributed by atoms with van der Waals surface area (Å²) in [7, 11) is 0. The Labute approximate surface area is 115 Å². The van der Waals surface area contributed by atoms with E-state index in [-0.39, 0.29) is 18.1 Å². The maximum Gasteiger partial charge on any atom is 0.241 e. The smallest absolute Gasteiger partial charge is 0.241 e. The largest absolute Gasteiger partial charge is 0.322 e. The zero-order valence-corrected chi connectivity index (χ0v) is 11.5. The van der Waals surface area contributed by atoms with E-state index in [1.807, 2.05) is 30.0 Å². The first kappa shape index (κ1) is 12.7. The van der Waals surface area contributed by atoms with E-state index in [0.29, 0.717) is 0 Å². The zero-order valence-electron chi connectivity index (χ0n) is 11.5. The molecule has 2 fully saturated rings. The van der Waals surface area contributed by atoms with Crippen LogP contribution in [-0.4, -0.2) is 23.4 Å². The van der Waals surface area contributed by atoms with Crippen LogP contribution in [0.2, 0.25) is 0 Å². The summed E-state index contributed by atoms with van der Waals surface area (Å²) < 4.78 is 0. The highest BCUT2D eigenvalue weighted by Gasteiger charge is 2.37. The summed E-state index contributed by atoms with van der Waals surface area (Å²) in [4.78, 5) is 14.3. The highest BCUT2D eigenvalue weighted by atomic mass is 16.2. The van der Waals surface area contributed by atoms with Crippen molar-refractivity contribution in [3.05, 3.63) is 35.9 Å². The molecule has 3 rings (SSSR count). The number of nitrogens with zero attached hydrogens (tertiary/aromatic N) is 1. The van der Waals surface area contributed by atoms with Crippen molar-refractivity contribution in [1.29, 1.82) is 0 Å². The van der Waals surface area contributed by atoms with Crippen molar-refractivity contribution in [3.8, 4) is 0 Å². The van der Waals surface area contributed by atoms with Crippen molar-refractivity contribution < 1.29 is 4.79 Å². The second kappa shape index (κ2) is 5.33. The molecule has 102 valence electrons. The Morgan fingerprint density at radius 2 is 2.00 bits per heavy atom. The number of carbonyl (C=O) groups excluding carboxylic acids is 1. The van der Waals surface area contributed by atoms with Gasteiger partial charge in [-0.25, -0.2) is 0 Å². The van der Waals surface area contributed by atoms with Crippen LogP contribution in [0.25, 0.3) is 0 Å². The first-order valence-corrected chi connectivity index (χ1v) is 7.37. The lowest BCUT2D eigenvalue weighted by molar-refractivity contribution is -0.130. The Morgan fingerprint density at radius 1 is 1.26 bits per heavy atom. The van der Waals surface area contributed by atoms with E-state index < -0.39 is 0 Å². The Morgan fingerprint density at radius 3 is 2.63 bits per heavy atom. The van der Waals surface area contributed by atoms with Crippen LogP contribution in [0.1, 0.15) is 44.3 Å². The number of hydrogen-bond donors (Lipinski definition) is 1. The van der Waals surface area contributed by atoms with Crippen LogP contribution in [0.3, 0.4) is 0 Å². The number of nitrogens with one attached hydrogen (secondary N) is 1. The molecule has 1 aliphatic carbocycles. The molecule has 1 saturated heterocycles. The number of hydrogen-bond acceptors (Lipinski definition) is 2. The zero-order chi connectivity index (χ0) is 13.2. The van der Waals surface area contributed by atoms with Crippen molar-refractivity contribution in [3.63, 3.8) is 0 Å². The van der Waals surface area contributed by atoms with Gasteiger partial charge in [-0.05, 0) is 24.8 Å². The molecule has 2 atom stereocenters. The lowest BCUT2D eigenvalue weighted by Gasteiger charge is -2.30. The molecule has 1 N–H and O–H groups in total. The highest BCUT2D eigenvalue weighted by Crippen LogP contribution is 2.32. The molecule has 1 heterocycles. The van der Waals surface area contributed by atoms with E-state index >= 15 is 0 Å². The van der Waals surface area contributed by atoms with Gasteiger partial charge in [-0.3, -0.25) is 10.1 Å². The molecule has 1 aromatic carbocycles. The molecule has 3 nitrogen and oxygen atoms in total. The first-order valence-electron chi connectivity index (χ1n) is 7.37. The monoisotopic (exact) mass is 258 g/mol. The molecule has 19 heavy (non-hydrogen) atoms. The number of carbonyl (C=O) groups is 1. The van der Waals surface area contributed by atoms with Crippen LogP contribution in [0.5, 0.6) is 0 Å². The van der Waals surface area contributed by atoms with Crippen molar-refractivity contribution in [2.45, 2.75) is 44.8 Å². The van der Waals surface area contributed by atoms with Crippen LogP contribution < -0.4 is 5.32 Å². The average Bonchev–Trinajstić information content (AvgIpc) is 2.66. The molecular weight excluding hydrogens is 236 g/mol. The second-order valence-corrected chi connectivity index (χ2v) is 5.82. The summed E-state index contributed by atoms with van der Waals surface area (Å²) in [5.74, 6) is 1.09. The van der Waals surface area contributed by atoms with Gasteiger partial charge in [0.15, 0.2) is 0 Å². The van der Waals surface area contributed by atoms with E-state index in [2.05, 4.69) is 17.4 Å². The summed E-state index contributed by atoms with van der Waals surface area (Å²) in [6.07, 6.45) is 5.28. The molecule has 1 aromatic rings. The standard InChI is InChI=1S/C16H22N2O/c1-12-16(19)18(11-10-13-6-5-7-13)15(17-12)14-8-3-2-4-9-14/h2-4,8-9,12-13,15,17H,5-7,10-11H2,1H3. The fourth-order valence-electron chi connectivity index (χ4n) is 3.03. The maximum atomic E-state index is 12.3. The third-order valence-electron chi connectivity index (χ3n) is 4.49. The van der Waals surface area contributed by atoms with Crippen molar-refractivity contribution in [2.24, 2.45) is 5.92 Å². The van der Waals surface area contributed by atoms with Crippen LogP contribution in [0.4, 0.5) is 0 Å². The fraction of sp³-hybridized carbons (Fsp3) is 0.562. The van der Waals surface area contributed by atoms with Gasteiger partial charge in [0.2, 0.25) is 5.91 Å². The van der Waals surface area contributed by atoms with Crippen LogP contribution in [0, 0.1) is 5.92 Å². The Hall–Kier alpha value is -1.35. The molecule has 0 aromatic heterocycles. The number of amides is 1. The van der Waals surface area contributed by atoms with E-state index in [9.17, 15) is 4.79 Å². The summed E-state index contributed by atoms with van der Waals surface area (Å²) >= 11 is 0. The molecule has 0 radical (unpaired) electrons. The molecule has 1 aliphatic heterocycles. The predicted molar refractivity (Wildman–Crippen MR) is 75.5 cm³/mol. The Balaban J connectivity index is 1.71. The average molecular weight is 258 g/mol. The predicted octanol–water partition coefficient (Wildman–Crippen LogP) is 2.70. The molecule has 2 aliphatic rings. The van der Waals surface area contributed by atoms with Gasteiger partial charge in [-0.2, -0.15) is 0 Å². The van der Waals surface area contributed by atoms with Crippen molar-refractivity contribution >= 4 is 5.91 Å². The van der Waals surface area contributed by atoms with E-state index in [4.69, 9.17) is 0 Å². The molecule has 1 saturated carbocycles. The van der Waals surface area contributed by atoms with Gasteiger partial charge in [0, 0.05) is 6.54 Å². The third-order valence-corrected chi connectivity index (χ3v) is 4.49. The minimum Gasteiger partial charge on any atom is -0.322 e. The van der Waals surface area contributed by atoms with Gasteiger partial charge in [0.25, 0.3) is 0 Å². The SMILES string of the molecule is CC1NC(c2ccccc2)N(CCC2CCC2)C1=O. The normalized spacial score (nSPS) is 27.6. The summed E-state index contributed by atoms with van der Waals surface area (Å²) in [6.45, 7) is 2.85.